The van der Waals surface area contributed by atoms with Crippen molar-refractivity contribution in [2.75, 3.05) is 38.2 Å². The number of anilines is 1. The first kappa shape index (κ1) is 25.3. The number of rotatable bonds is 8. The van der Waals surface area contributed by atoms with Gasteiger partial charge in [-0.2, -0.15) is 0 Å². The molecule has 4 rings (SSSR count). The zero-order chi connectivity index (χ0) is 22.3. The minimum atomic E-state index is 0. The van der Waals surface area contributed by atoms with Crippen LogP contribution in [0.25, 0.3) is 0 Å². The summed E-state index contributed by atoms with van der Waals surface area (Å²) < 4.78 is 5.57. The van der Waals surface area contributed by atoms with Gasteiger partial charge in [0.05, 0.1) is 6.61 Å². The number of fused-ring (bicyclic) bond motifs is 1. The number of para-hydroxylation sites is 1. The molecule has 0 spiro atoms. The molecule has 178 valence electrons. The minimum Gasteiger partial charge on any atom is -0.478 e. The van der Waals surface area contributed by atoms with Crippen molar-refractivity contribution in [2.45, 2.75) is 45.1 Å². The Morgan fingerprint density at radius 3 is 2.82 bits per heavy atom. The van der Waals surface area contributed by atoms with E-state index in [9.17, 15) is 4.79 Å². The Balaban J connectivity index is 0.00000306. The third kappa shape index (κ3) is 6.16. The zero-order valence-corrected chi connectivity index (χ0v) is 21.8. The lowest BCUT2D eigenvalue weighted by molar-refractivity contribution is -0.127. The van der Waals surface area contributed by atoms with Gasteiger partial charge in [-0.25, -0.2) is 4.98 Å². The third-order valence-corrected chi connectivity index (χ3v) is 6.16. The van der Waals surface area contributed by atoms with Crippen LogP contribution in [-0.4, -0.2) is 55.0 Å². The molecule has 1 N–H and O–H groups in total. The van der Waals surface area contributed by atoms with Crippen LogP contribution in [0.4, 0.5) is 5.69 Å². The van der Waals surface area contributed by atoms with Crippen molar-refractivity contribution < 1.29 is 9.53 Å². The molecule has 1 aromatic heterocycles. The smallest absolute Gasteiger partial charge is 0.222 e. The van der Waals surface area contributed by atoms with Gasteiger partial charge in [0.1, 0.15) is 0 Å². The van der Waals surface area contributed by atoms with Gasteiger partial charge in [-0.15, -0.1) is 24.0 Å². The molecule has 0 aliphatic carbocycles. The van der Waals surface area contributed by atoms with Gasteiger partial charge in [-0.3, -0.25) is 9.79 Å². The van der Waals surface area contributed by atoms with Crippen LogP contribution in [-0.2, 0) is 11.3 Å². The van der Waals surface area contributed by atoms with Gasteiger partial charge in [0.2, 0.25) is 11.8 Å². The average molecular weight is 563 g/mol. The highest BCUT2D eigenvalue weighted by Gasteiger charge is 2.32. The lowest BCUT2D eigenvalue weighted by Crippen LogP contribution is -2.40. The predicted octanol–water partition coefficient (Wildman–Crippen LogP) is 4.18. The van der Waals surface area contributed by atoms with Crippen molar-refractivity contribution in [3.05, 3.63) is 53.7 Å². The number of amides is 1. The van der Waals surface area contributed by atoms with E-state index >= 15 is 0 Å². The largest absolute Gasteiger partial charge is 0.478 e. The summed E-state index contributed by atoms with van der Waals surface area (Å²) in [4.78, 5) is 25.2. The number of pyridine rings is 1. The van der Waals surface area contributed by atoms with Crippen LogP contribution in [0.5, 0.6) is 5.88 Å². The molecule has 0 bridgehead atoms. The Morgan fingerprint density at radius 1 is 1.27 bits per heavy atom. The normalized spacial score (nSPS) is 17.7. The molecule has 8 heteroatoms. The number of guanidine groups is 1. The van der Waals surface area contributed by atoms with Gasteiger partial charge in [0.15, 0.2) is 5.96 Å². The van der Waals surface area contributed by atoms with Crippen LogP contribution in [0.15, 0.2) is 47.6 Å². The molecule has 2 aliphatic rings. The van der Waals surface area contributed by atoms with E-state index in [2.05, 4.69) is 51.4 Å². The minimum absolute atomic E-state index is 0. The number of ether oxygens (including phenoxy) is 1. The second-order valence-electron chi connectivity index (χ2n) is 8.39. The van der Waals surface area contributed by atoms with Crippen molar-refractivity contribution in [3.63, 3.8) is 0 Å². The van der Waals surface area contributed by atoms with Crippen LogP contribution in [0.2, 0.25) is 0 Å². The van der Waals surface area contributed by atoms with Gasteiger partial charge in [-0.05, 0) is 36.5 Å². The number of nitrogens with zero attached hydrogens (tertiary/aromatic N) is 4. The molecule has 1 amide bonds. The molecule has 1 aromatic carbocycles. The molecular formula is C25H34IN5O2. The monoisotopic (exact) mass is 563 g/mol. The number of aromatic nitrogens is 1. The fourth-order valence-electron chi connectivity index (χ4n) is 4.48. The van der Waals surface area contributed by atoms with E-state index in [0.717, 1.165) is 50.4 Å². The number of halogens is 1. The Kier molecular flexibility index (Phi) is 9.34. The summed E-state index contributed by atoms with van der Waals surface area (Å²) in [5, 5.41) is 3.49. The fourth-order valence-corrected chi connectivity index (χ4v) is 4.48. The Morgan fingerprint density at radius 2 is 2.12 bits per heavy atom. The van der Waals surface area contributed by atoms with Crippen LogP contribution in [0, 0.1) is 0 Å². The van der Waals surface area contributed by atoms with Crippen LogP contribution in [0.3, 0.4) is 0 Å². The molecule has 1 atom stereocenters. The van der Waals surface area contributed by atoms with Gasteiger partial charge in [0.25, 0.3) is 0 Å². The van der Waals surface area contributed by atoms with Gasteiger partial charge in [-0.1, -0.05) is 31.2 Å². The molecule has 0 radical (unpaired) electrons. The summed E-state index contributed by atoms with van der Waals surface area (Å²) in [6.07, 6.45) is 5.47. The van der Waals surface area contributed by atoms with E-state index in [4.69, 9.17) is 4.74 Å². The number of carbonyl (C=O) groups is 1. The number of hydrogen-bond donors (Lipinski definition) is 1. The highest BCUT2D eigenvalue weighted by atomic mass is 127. The summed E-state index contributed by atoms with van der Waals surface area (Å²) in [5.41, 5.74) is 3.60. The molecule has 0 saturated carbocycles. The van der Waals surface area contributed by atoms with Crippen molar-refractivity contribution >= 4 is 41.5 Å². The Hall–Kier alpha value is -2.36. The van der Waals surface area contributed by atoms with Crippen LogP contribution in [0.1, 0.15) is 49.7 Å². The second kappa shape index (κ2) is 12.2. The number of likely N-dealkylation sites (tertiary alicyclic amines) is 1. The first-order valence-corrected chi connectivity index (χ1v) is 11.6. The SMILES string of the molecule is CCCOc1ccc(CNC(=NC)N2CC(CCN3CCCC3=O)c3ccccc32)cn1.I. The van der Waals surface area contributed by atoms with E-state index in [1.54, 1.807) is 0 Å². The lowest BCUT2D eigenvalue weighted by Gasteiger charge is -2.23. The highest BCUT2D eigenvalue weighted by Crippen LogP contribution is 2.38. The van der Waals surface area contributed by atoms with E-state index in [1.165, 1.54) is 11.3 Å². The quantitative estimate of drug-likeness (QED) is 0.297. The first-order chi connectivity index (χ1) is 15.7. The van der Waals surface area contributed by atoms with E-state index in [0.29, 0.717) is 37.3 Å². The van der Waals surface area contributed by atoms with Crippen molar-refractivity contribution in [3.8, 4) is 5.88 Å². The van der Waals surface area contributed by atoms with Crippen molar-refractivity contribution in [1.82, 2.24) is 15.2 Å². The zero-order valence-electron chi connectivity index (χ0n) is 19.5. The molecule has 2 aliphatic heterocycles. The fraction of sp³-hybridized carbons (Fsp3) is 0.480. The molecule has 3 heterocycles. The maximum atomic E-state index is 12.0. The Bertz CT molecular complexity index is 950. The second-order valence-corrected chi connectivity index (χ2v) is 8.39. The third-order valence-electron chi connectivity index (χ3n) is 6.16. The number of nitrogens with one attached hydrogen (secondary N) is 1. The molecular weight excluding hydrogens is 529 g/mol. The van der Waals surface area contributed by atoms with Crippen molar-refractivity contribution in [2.24, 2.45) is 4.99 Å². The maximum Gasteiger partial charge on any atom is 0.222 e. The first-order valence-electron chi connectivity index (χ1n) is 11.6. The van der Waals surface area contributed by atoms with E-state index in [-0.39, 0.29) is 24.0 Å². The molecule has 1 unspecified atom stereocenters. The van der Waals surface area contributed by atoms with Crippen molar-refractivity contribution in [1.29, 1.82) is 0 Å². The Labute approximate surface area is 213 Å². The maximum absolute atomic E-state index is 12.0. The summed E-state index contributed by atoms with van der Waals surface area (Å²) in [6, 6.07) is 12.5. The van der Waals surface area contributed by atoms with Crippen LogP contribution >= 0.6 is 24.0 Å². The molecule has 1 saturated heterocycles. The van der Waals surface area contributed by atoms with Gasteiger partial charge < -0.3 is 19.9 Å². The topological polar surface area (TPSA) is 70.1 Å². The number of carbonyl (C=O) groups excluding carboxylic acids is 1. The van der Waals surface area contributed by atoms with E-state index in [1.807, 2.05) is 30.3 Å². The molecule has 7 nitrogen and oxygen atoms in total. The van der Waals surface area contributed by atoms with E-state index < -0.39 is 0 Å². The summed E-state index contributed by atoms with van der Waals surface area (Å²) in [7, 11) is 1.82. The highest BCUT2D eigenvalue weighted by molar-refractivity contribution is 14.0. The average Bonchev–Trinajstić information content (AvgIpc) is 3.41. The molecule has 2 aromatic rings. The lowest BCUT2D eigenvalue weighted by atomic mass is 9.98. The van der Waals surface area contributed by atoms with Gasteiger partial charge >= 0.3 is 0 Å². The van der Waals surface area contributed by atoms with Gasteiger partial charge in [0, 0.05) is 63.5 Å². The number of aliphatic imine (C=N–C) groups is 1. The van der Waals surface area contributed by atoms with Crippen LogP contribution < -0.4 is 15.0 Å². The molecule has 33 heavy (non-hydrogen) atoms. The number of benzene rings is 1. The summed E-state index contributed by atoms with van der Waals surface area (Å²) in [5.74, 6) is 2.19. The molecule has 1 fully saturated rings. The predicted molar refractivity (Wildman–Crippen MR) is 143 cm³/mol. The summed E-state index contributed by atoms with van der Waals surface area (Å²) in [6.45, 7) is 5.99. The summed E-state index contributed by atoms with van der Waals surface area (Å²) >= 11 is 0. The number of hydrogen-bond acceptors (Lipinski definition) is 4. The standard InChI is InChI=1S/C25H33N5O2.HI/c1-3-15-32-23-11-10-19(16-27-23)17-28-25(26-2)30-18-20(21-7-4-5-8-22(21)30)12-14-29-13-6-9-24(29)31;/h4-5,7-8,10-11,16,20H,3,6,9,12-15,17-18H2,1-2H3,(H,26,28);1H.